The van der Waals surface area contributed by atoms with Crippen LogP contribution in [-0.4, -0.2) is 33.4 Å². The highest BCUT2D eigenvalue weighted by Gasteiger charge is 2.21. The van der Waals surface area contributed by atoms with Gasteiger partial charge >= 0.3 is 5.97 Å². The first-order valence-electron chi connectivity index (χ1n) is 5.21. The zero-order valence-corrected chi connectivity index (χ0v) is 10.4. The second kappa shape index (κ2) is 6.64. The Morgan fingerprint density at radius 3 is 2.79 bits per heavy atom. The van der Waals surface area contributed by atoms with Crippen molar-refractivity contribution < 1.29 is 19.6 Å². The van der Waals surface area contributed by atoms with Crippen molar-refractivity contribution in [1.82, 2.24) is 10.3 Å². The topological polar surface area (TPSA) is 122 Å². The predicted molar refractivity (Wildman–Crippen MR) is 65.1 cm³/mol. The fraction of sp³-hybridized carbons (Fsp3) is 0.300. The summed E-state index contributed by atoms with van der Waals surface area (Å²) < 4.78 is 0. The number of amides is 1. The lowest BCUT2D eigenvalue weighted by Crippen LogP contribution is -2.25. The summed E-state index contributed by atoms with van der Waals surface area (Å²) in [6, 6.07) is 1.09. The summed E-state index contributed by atoms with van der Waals surface area (Å²) >= 11 is 5.58. The predicted octanol–water partition coefficient (Wildman–Crippen LogP) is 1.24. The van der Waals surface area contributed by atoms with Crippen LogP contribution in [0.3, 0.4) is 0 Å². The number of aliphatic carboxylic acids is 1. The highest BCUT2D eigenvalue weighted by Crippen LogP contribution is 2.20. The maximum Gasteiger partial charge on any atom is 0.303 e. The molecule has 1 amide bonds. The first-order valence-corrected chi connectivity index (χ1v) is 5.59. The molecule has 0 saturated heterocycles. The van der Waals surface area contributed by atoms with Gasteiger partial charge in [0.15, 0.2) is 0 Å². The molecule has 0 unspecified atom stereocenters. The third-order valence-corrected chi connectivity index (χ3v) is 2.35. The van der Waals surface area contributed by atoms with E-state index in [0.29, 0.717) is 0 Å². The van der Waals surface area contributed by atoms with Gasteiger partial charge in [-0.25, -0.2) is 4.98 Å². The quantitative estimate of drug-likeness (QED) is 0.351. The number of nitrogens with one attached hydrogen (secondary N) is 1. The number of nitrogens with zero attached hydrogens (tertiary/aromatic N) is 2. The number of hydrogen-bond donors (Lipinski definition) is 2. The number of hydrogen-bond acceptors (Lipinski definition) is 5. The Bertz CT molecular complexity index is 520. The summed E-state index contributed by atoms with van der Waals surface area (Å²) in [5.74, 6) is -1.67. The summed E-state index contributed by atoms with van der Waals surface area (Å²) in [6.45, 7) is 0.0994. The van der Waals surface area contributed by atoms with Crippen LogP contribution >= 0.6 is 11.6 Å². The number of carbonyl (C=O) groups is 2. The summed E-state index contributed by atoms with van der Waals surface area (Å²) in [6.07, 6.45) is 1.03. The van der Waals surface area contributed by atoms with Crippen LogP contribution < -0.4 is 5.32 Å². The highest BCUT2D eigenvalue weighted by molar-refractivity contribution is 6.29. The van der Waals surface area contributed by atoms with Gasteiger partial charge in [-0.15, -0.1) is 0 Å². The van der Waals surface area contributed by atoms with Crippen molar-refractivity contribution in [1.29, 1.82) is 0 Å². The number of carbonyl (C=O) groups excluding carboxylic acids is 1. The third-order valence-electron chi connectivity index (χ3n) is 2.14. The average molecular weight is 288 g/mol. The van der Waals surface area contributed by atoms with E-state index in [4.69, 9.17) is 16.7 Å². The van der Waals surface area contributed by atoms with E-state index in [9.17, 15) is 19.7 Å². The summed E-state index contributed by atoms with van der Waals surface area (Å²) in [4.78, 5) is 35.5. The SMILES string of the molecule is O=C(O)CCCNC(=O)c1cc(Cl)ncc1[N+](=O)[O-]. The summed E-state index contributed by atoms with van der Waals surface area (Å²) in [5, 5.41) is 21.5. The number of pyridine rings is 1. The van der Waals surface area contributed by atoms with Crippen LogP contribution in [0, 0.1) is 10.1 Å². The molecule has 1 rings (SSSR count). The lowest BCUT2D eigenvalue weighted by molar-refractivity contribution is -0.385. The van der Waals surface area contributed by atoms with Crippen molar-refractivity contribution in [3.8, 4) is 0 Å². The molecule has 0 aliphatic rings. The summed E-state index contributed by atoms with van der Waals surface area (Å²) in [7, 11) is 0. The minimum Gasteiger partial charge on any atom is -0.481 e. The normalized spacial score (nSPS) is 9.95. The van der Waals surface area contributed by atoms with Gasteiger partial charge in [0, 0.05) is 13.0 Å². The van der Waals surface area contributed by atoms with Crippen LogP contribution in [0.15, 0.2) is 12.3 Å². The summed E-state index contributed by atoms with van der Waals surface area (Å²) in [5.41, 5.74) is -0.666. The van der Waals surface area contributed by atoms with Gasteiger partial charge in [0.25, 0.3) is 11.6 Å². The molecule has 1 aromatic heterocycles. The standard InChI is InChI=1S/C10H10ClN3O5/c11-8-4-6(7(5-13-8)14(18)19)10(17)12-3-1-2-9(15)16/h4-5H,1-3H2,(H,12,17)(H,15,16). The van der Waals surface area contributed by atoms with E-state index in [-0.39, 0.29) is 30.1 Å². The molecule has 0 saturated carbocycles. The molecule has 8 nitrogen and oxygen atoms in total. The fourth-order valence-corrected chi connectivity index (χ4v) is 1.44. The average Bonchev–Trinajstić information content (AvgIpc) is 2.33. The maximum atomic E-state index is 11.7. The monoisotopic (exact) mass is 287 g/mol. The van der Waals surface area contributed by atoms with Gasteiger partial charge in [-0.2, -0.15) is 0 Å². The van der Waals surface area contributed by atoms with E-state index in [2.05, 4.69) is 10.3 Å². The largest absolute Gasteiger partial charge is 0.481 e. The number of aromatic nitrogens is 1. The molecule has 9 heteroatoms. The van der Waals surface area contributed by atoms with Crippen LogP contribution in [0.5, 0.6) is 0 Å². The van der Waals surface area contributed by atoms with Crippen molar-refractivity contribution in [3.05, 3.63) is 33.1 Å². The minimum absolute atomic E-state index is 0.0405. The Balaban J connectivity index is 2.73. The van der Waals surface area contributed by atoms with Gasteiger partial charge in [-0.3, -0.25) is 19.7 Å². The molecule has 0 spiro atoms. The van der Waals surface area contributed by atoms with Crippen LogP contribution in [0.2, 0.25) is 5.15 Å². The van der Waals surface area contributed by atoms with E-state index >= 15 is 0 Å². The van der Waals surface area contributed by atoms with Gasteiger partial charge in [0.05, 0.1) is 4.92 Å². The molecule has 0 atom stereocenters. The molecule has 0 bridgehead atoms. The highest BCUT2D eigenvalue weighted by atomic mass is 35.5. The molecule has 1 aromatic rings. The maximum absolute atomic E-state index is 11.7. The lowest BCUT2D eigenvalue weighted by atomic mass is 10.2. The van der Waals surface area contributed by atoms with E-state index < -0.39 is 22.5 Å². The fourth-order valence-electron chi connectivity index (χ4n) is 1.29. The molecule has 19 heavy (non-hydrogen) atoms. The Kier molecular flexibility index (Phi) is 5.19. The van der Waals surface area contributed by atoms with Gasteiger partial charge < -0.3 is 10.4 Å². The van der Waals surface area contributed by atoms with Crippen molar-refractivity contribution in [3.63, 3.8) is 0 Å². The van der Waals surface area contributed by atoms with Crippen LogP contribution in [0.4, 0.5) is 5.69 Å². The van der Waals surface area contributed by atoms with Gasteiger partial charge in [0.1, 0.15) is 16.9 Å². The zero-order chi connectivity index (χ0) is 14.4. The lowest BCUT2D eigenvalue weighted by Gasteiger charge is -2.05. The minimum atomic E-state index is -0.979. The van der Waals surface area contributed by atoms with E-state index in [1.807, 2.05) is 0 Å². The zero-order valence-electron chi connectivity index (χ0n) is 9.63. The van der Waals surface area contributed by atoms with Crippen LogP contribution in [0.25, 0.3) is 0 Å². The molecule has 0 fully saturated rings. The Labute approximate surface area is 112 Å². The van der Waals surface area contributed by atoms with Crippen molar-refractivity contribution in [2.24, 2.45) is 0 Å². The Morgan fingerprint density at radius 2 is 2.21 bits per heavy atom. The molecular weight excluding hydrogens is 278 g/mol. The van der Waals surface area contributed by atoms with Crippen molar-refractivity contribution >= 4 is 29.2 Å². The van der Waals surface area contributed by atoms with Gasteiger partial charge in [-0.1, -0.05) is 11.6 Å². The molecule has 1 heterocycles. The van der Waals surface area contributed by atoms with E-state index in [0.717, 1.165) is 12.3 Å². The second-order valence-corrected chi connectivity index (χ2v) is 3.92. The molecule has 2 N–H and O–H groups in total. The number of nitro groups is 1. The van der Waals surface area contributed by atoms with Crippen LogP contribution in [-0.2, 0) is 4.79 Å². The third kappa shape index (κ3) is 4.51. The van der Waals surface area contributed by atoms with Crippen LogP contribution in [0.1, 0.15) is 23.2 Å². The Hall–Kier alpha value is -2.22. The number of rotatable bonds is 6. The van der Waals surface area contributed by atoms with Gasteiger partial charge in [0.2, 0.25) is 0 Å². The molecule has 0 aromatic carbocycles. The number of carboxylic acid groups (broad SMARTS) is 1. The first kappa shape index (κ1) is 14.8. The van der Waals surface area contributed by atoms with Gasteiger partial charge in [-0.05, 0) is 12.5 Å². The smallest absolute Gasteiger partial charge is 0.303 e. The number of carboxylic acids is 1. The Morgan fingerprint density at radius 1 is 1.53 bits per heavy atom. The number of halogens is 1. The van der Waals surface area contributed by atoms with E-state index in [1.165, 1.54) is 0 Å². The second-order valence-electron chi connectivity index (χ2n) is 3.53. The molecule has 0 radical (unpaired) electrons. The molecule has 0 aliphatic heterocycles. The molecule has 102 valence electrons. The molecule has 0 aliphatic carbocycles. The van der Waals surface area contributed by atoms with E-state index in [1.54, 1.807) is 0 Å². The molecular formula is C10H10ClN3O5. The first-order chi connectivity index (χ1) is 8.91. The van der Waals surface area contributed by atoms with Crippen molar-refractivity contribution in [2.45, 2.75) is 12.8 Å². The van der Waals surface area contributed by atoms with Crippen molar-refractivity contribution in [2.75, 3.05) is 6.54 Å².